The summed E-state index contributed by atoms with van der Waals surface area (Å²) in [5.74, 6) is 2.70. The molecule has 0 radical (unpaired) electrons. The minimum absolute atomic E-state index is 0.613. The van der Waals surface area contributed by atoms with Crippen molar-refractivity contribution in [1.29, 1.82) is 0 Å². The van der Waals surface area contributed by atoms with Gasteiger partial charge in [-0.1, -0.05) is 47.6 Å². The number of aromatic nitrogens is 3. The van der Waals surface area contributed by atoms with Crippen LogP contribution in [0.5, 0.6) is 5.75 Å². The first kappa shape index (κ1) is 20.7. The fraction of sp³-hybridized carbons (Fsp3) is 0.154. The van der Waals surface area contributed by atoms with E-state index in [9.17, 15) is 0 Å². The largest absolute Gasteiger partial charge is 0.495 e. The van der Waals surface area contributed by atoms with E-state index < -0.39 is 0 Å². The Kier molecular flexibility index (Phi) is 5.35. The molecule has 0 bridgehead atoms. The second-order valence-electron chi connectivity index (χ2n) is 8.28. The highest BCUT2D eigenvalue weighted by molar-refractivity contribution is 8.00. The summed E-state index contributed by atoms with van der Waals surface area (Å²) >= 11 is 1.49. The molecule has 0 saturated heterocycles. The molecule has 0 spiro atoms. The van der Waals surface area contributed by atoms with Crippen molar-refractivity contribution in [3.63, 3.8) is 0 Å². The van der Waals surface area contributed by atoms with Crippen LogP contribution in [-0.4, -0.2) is 22.5 Å². The fourth-order valence-corrected chi connectivity index (χ4v) is 4.53. The van der Waals surface area contributed by atoms with Gasteiger partial charge in [0.1, 0.15) is 5.75 Å². The molecule has 34 heavy (non-hydrogen) atoms. The third kappa shape index (κ3) is 4.20. The Bertz CT molecular complexity index is 1430. The van der Waals surface area contributed by atoms with Crippen LogP contribution in [0.4, 0.5) is 17.3 Å². The molecule has 2 aromatic heterocycles. The van der Waals surface area contributed by atoms with Crippen LogP contribution >= 0.6 is 11.9 Å². The van der Waals surface area contributed by atoms with Crippen molar-refractivity contribution in [3.05, 3.63) is 78.5 Å². The first-order valence-electron chi connectivity index (χ1n) is 11.1. The van der Waals surface area contributed by atoms with Crippen molar-refractivity contribution in [1.82, 2.24) is 15.4 Å². The van der Waals surface area contributed by atoms with E-state index in [0.29, 0.717) is 23.1 Å². The zero-order valence-corrected chi connectivity index (χ0v) is 19.4. The van der Waals surface area contributed by atoms with E-state index >= 15 is 0 Å². The van der Waals surface area contributed by atoms with Gasteiger partial charge in [-0.3, -0.25) is 5.10 Å². The molecule has 0 unspecified atom stereocenters. The Labute approximate surface area is 201 Å². The number of rotatable bonds is 8. The number of methoxy groups -OCH3 is 1. The molecule has 3 aromatic carbocycles. The van der Waals surface area contributed by atoms with Crippen molar-refractivity contribution in [3.8, 4) is 16.9 Å². The minimum atomic E-state index is 0.613. The monoisotopic (exact) mass is 469 g/mol. The van der Waals surface area contributed by atoms with Gasteiger partial charge in [-0.2, -0.15) is 5.10 Å². The van der Waals surface area contributed by atoms with Crippen LogP contribution in [0.25, 0.3) is 22.1 Å². The molecule has 7 nitrogen and oxygen atoms in total. The lowest BCUT2D eigenvalue weighted by Crippen LogP contribution is -1.95. The van der Waals surface area contributed by atoms with Gasteiger partial charge in [0.2, 0.25) is 0 Å². The number of nitrogens with one attached hydrogen (secondary N) is 3. The van der Waals surface area contributed by atoms with Gasteiger partial charge >= 0.3 is 0 Å². The Morgan fingerprint density at radius 1 is 1.00 bits per heavy atom. The molecule has 170 valence electrons. The van der Waals surface area contributed by atoms with Gasteiger partial charge < -0.3 is 19.3 Å². The van der Waals surface area contributed by atoms with E-state index in [0.717, 1.165) is 21.8 Å². The van der Waals surface area contributed by atoms with Gasteiger partial charge in [-0.25, -0.2) is 0 Å². The standard InChI is InChI=1S/C26H23N5O2S/c1-32-24-13-20-23(14-22(24)27-25-15-21(28-29-25)18-7-8-18)33-30-26(20)31-34-19-11-9-17(10-12-19)16-5-3-2-4-6-16/h2-6,9-15,18H,7-8H2,1H3,(H,30,31)(H2,27,28,29). The zero-order chi connectivity index (χ0) is 22.9. The maximum atomic E-state index is 5.63. The predicted molar refractivity (Wildman–Crippen MR) is 136 cm³/mol. The van der Waals surface area contributed by atoms with Gasteiger partial charge in [-0.05, 0) is 54.1 Å². The summed E-state index contributed by atoms with van der Waals surface area (Å²) in [4.78, 5) is 1.08. The molecule has 5 aromatic rings. The lowest BCUT2D eigenvalue weighted by Gasteiger charge is -2.09. The molecule has 6 rings (SSSR count). The number of hydrogen-bond acceptors (Lipinski definition) is 7. The molecule has 0 atom stereocenters. The van der Waals surface area contributed by atoms with Crippen molar-refractivity contribution in [2.45, 2.75) is 23.7 Å². The zero-order valence-electron chi connectivity index (χ0n) is 18.5. The molecule has 1 aliphatic rings. The maximum Gasteiger partial charge on any atom is 0.187 e. The second kappa shape index (κ2) is 8.79. The van der Waals surface area contributed by atoms with E-state index in [1.165, 1.54) is 41.6 Å². The number of aromatic amines is 1. The summed E-state index contributed by atoms with van der Waals surface area (Å²) in [7, 11) is 1.65. The highest BCUT2D eigenvalue weighted by Gasteiger charge is 2.25. The van der Waals surface area contributed by atoms with Gasteiger partial charge in [0.15, 0.2) is 17.2 Å². The third-order valence-electron chi connectivity index (χ3n) is 5.90. The average Bonchev–Trinajstić information content (AvgIpc) is 3.51. The number of benzene rings is 3. The molecule has 1 saturated carbocycles. The summed E-state index contributed by atoms with van der Waals surface area (Å²) in [5.41, 5.74) is 4.98. The number of anilines is 3. The molecule has 8 heteroatoms. The molecular formula is C26H23N5O2S. The van der Waals surface area contributed by atoms with Crippen LogP contribution < -0.4 is 14.8 Å². The van der Waals surface area contributed by atoms with Crippen LogP contribution in [0.3, 0.4) is 0 Å². The molecule has 2 heterocycles. The Morgan fingerprint density at radius 3 is 2.56 bits per heavy atom. The molecule has 1 fully saturated rings. The molecule has 0 amide bonds. The summed E-state index contributed by atoms with van der Waals surface area (Å²) in [6.07, 6.45) is 2.44. The molecule has 1 aliphatic carbocycles. The number of fused-ring (bicyclic) bond motifs is 1. The third-order valence-corrected chi connectivity index (χ3v) is 6.70. The lowest BCUT2D eigenvalue weighted by atomic mass is 10.1. The number of ether oxygens (including phenoxy) is 1. The first-order chi connectivity index (χ1) is 16.8. The maximum absolute atomic E-state index is 5.63. The first-order valence-corrected chi connectivity index (χ1v) is 12.0. The Balaban J connectivity index is 1.18. The number of H-pyrrole nitrogens is 1. The van der Waals surface area contributed by atoms with E-state index in [2.05, 4.69) is 61.8 Å². The summed E-state index contributed by atoms with van der Waals surface area (Å²) in [6.45, 7) is 0. The highest BCUT2D eigenvalue weighted by Crippen LogP contribution is 2.41. The topological polar surface area (TPSA) is 88.0 Å². The number of nitrogens with zero attached hydrogens (tertiary/aromatic N) is 2. The summed E-state index contributed by atoms with van der Waals surface area (Å²) < 4.78 is 14.5. The van der Waals surface area contributed by atoms with Crippen LogP contribution in [0.1, 0.15) is 24.5 Å². The highest BCUT2D eigenvalue weighted by atomic mass is 32.2. The van der Waals surface area contributed by atoms with Crippen molar-refractivity contribution in [2.24, 2.45) is 0 Å². The molecule has 0 aliphatic heterocycles. The lowest BCUT2D eigenvalue weighted by molar-refractivity contribution is 0.417. The van der Waals surface area contributed by atoms with Crippen molar-refractivity contribution in [2.75, 3.05) is 17.1 Å². The van der Waals surface area contributed by atoms with E-state index in [4.69, 9.17) is 9.26 Å². The molecule has 3 N–H and O–H groups in total. The Hall–Kier alpha value is -3.91. The van der Waals surface area contributed by atoms with Gasteiger partial charge in [0.25, 0.3) is 0 Å². The average molecular weight is 470 g/mol. The van der Waals surface area contributed by atoms with E-state index in [-0.39, 0.29) is 0 Å². The van der Waals surface area contributed by atoms with Crippen LogP contribution in [-0.2, 0) is 0 Å². The van der Waals surface area contributed by atoms with Crippen LogP contribution in [0, 0.1) is 0 Å². The predicted octanol–water partition coefficient (Wildman–Crippen LogP) is 6.97. The van der Waals surface area contributed by atoms with Gasteiger partial charge in [0.05, 0.1) is 18.2 Å². The SMILES string of the molecule is COc1cc2c(NSc3ccc(-c4ccccc4)cc3)noc2cc1Nc1cc(C2CC2)[nH]n1. The van der Waals surface area contributed by atoms with E-state index in [1.807, 2.05) is 36.4 Å². The van der Waals surface area contributed by atoms with Gasteiger partial charge in [-0.15, -0.1) is 0 Å². The molecular weight excluding hydrogens is 446 g/mol. The normalized spacial score (nSPS) is 13.2. The van der Waals surface area contributed by atoms with Gasteiger partial charge in [0, 0.05) is 28.6 Å². The van der Waals surface area contributed by atoms with Crippen molar-refractivity contribution < 1.29 is 9.26 Å². The second-order valence-corrected chi connectivity index (χ2v) is 9.16. The fourth-order valence-electron chi connectivity index (χ4n) is 3.90. The van der Waals surface area contributed by atoms with E-state index in [1.54, 1.807) is 7.11 Å². The number of hydrogen-bond donors (Lipinski definition) is 3. The summed E-state index contributed by atoms with van der Waals surface area (Å²) in [6, 6.07) is 24.6. The van der Waals surface area contributed by atoms with Crippen LogP contribution in [0.15, 0.2) is 82.2 Å². The Morgan fingerprint density at radius 2 is 1.79 bits per heavy atom. The van der Waals surface area contributed by atoms with Crippen molar-refractivity contribution >= 4 is 40.2 Å². The minimum Gasteiger partial charge on any atom is -0.495 e. The smallest absolute Gasteiger partial charge is 0.187 e. The van der Waals surface area contributed by atoms with Crippen LogP contribution in [0.2, 0.25) is 0 Å². The quantitative estimate of drug-likeness (QED) is 0.212. The summed E-state index contributed by atoms with van der Waals surface area (Å²) in [5, 5.41) is 15.9.